The maximum absolute atomic E-state index is 5.67. The van der Waals surface area contributed by atoms with Gasteiger partial charge in [0.2, 0.25) is 11.9 Å². The second kappa shape index (κ2) is 6.16. The van der Waals surface area contributed by atoms with Crippen molar-refractivity contribution in [1.82, 2.24) is 19.9 Å². The molecule has 0 atom stereocenters. The maximum Gasteiger partial charge on any atom is 0.229 e. The topological polar surface area (TPSA) is 80.8 Å². The number of nitrogen functional groups attached to an aromatic ring is 1. The molecular formula is C11H13BrN6S. The van der Waals surface area contributed by atoms with E-state index in [4.69, 9.17) is 5.73 Å². The molecule has 19 heavy (non-hydrogen) atoms. The molecule has 0 aliphatic heterocycles. The highest BCUT2D eigenvalue weighted by molar-refractivity contribution is 9.10. The molecule has 100 valence electrons. The summed E-state index contributed by atoms with van der Waals surface area (Å²) in [6.45, 7) is 0. The van der Waals surface area contributed by atoms with Gasteiger partial charge in [0.1, 0.15) is 10.9 Å². The predicted molar refractivity (Wildman–Crippen MR) is 80.1 cm³/mol. The first-order valence-electron chi connectivity index (χ1n) is 5.47. The van der Waals surface area contributed by atoms with Crippen molar-refractivity contribution < 1.29 is 0 Å². The zero-order valence-electron chi connectivity index (χ0n) is 10.5. The summed E-state index contributed by atoms with van der Waals surface area (Å²) in [6.07, 6.45) is 1.75. The van der Waals surface area contributed by atoms with E-state index in [-0.39, 0.29) is 5.95 Å². The summed E-state index contributed by atoms with van der Waals surface area (Å²) >= 11 is 5.00. The van der Waals surface area contributed by atoms with Crippen LogP contribution in [-0.4, -0.2) is 34.0 Å². The monoisotopic (exact) mass is 340 g/mol. The van der Waals surface area contributed by atoms with Crippen LogP contribution in [0.5, 0.6) is 0 Å². The summed E-state index contributed by atoms with van der Waals surface area (Å²) in [5.74, 6) is 2.01. The Balaban J connectivity index is 2.14. The summed E-state index contributed by atoms with van der Waals surface area (Å²) in [5, 5.41) is 0.896. The Kier molecular flexibility index (Phi) is 4.54. The molecule has 8 heteroatoms. The fraction of sp³-hybridized carbons (Fsp3) is 0.273. The molecule has 2 aromatic rings. The fourth-order valence-corrected chi connectivity index (χ4v) is 2.63. The number of hydrogen-bond acceptors (Lipinski definition) is 7. The normalized spacial score (nSPS) is 10.5. The van der Waals surface area contributed by atoms with Gasteiger partial charge in [-0.25, -0.2) is 4.98 Å². The van der Waals surface area contributed by atoms with E-state index in [2.05, 4.69) is 35.9 Å². The highest BCUT2D eigenvalue weighted by Gasteiger charge is 2.08. The molecule has 0 saturated heterocycles. The number of aromatic nitrogens is 4. The maximum atomic E-state index is 5.67. The number of hydrogen-bond donors (Lipinski definition) is 1. The van der Waals surface area contributed by atoms with Crippen molar-refractivity contribution in [3.63, 3.8) is 0 Å². The van der Waals surface area contributed by atoms with Gasteiger partial charge < -0.3 is 10.6 Å². The van der Waals surface area contributed by atoms with Crippen molar-refractivity contribution in [2.45, 2.75) is 10.8 Å². The average Bonchev–Trinajstić information content (AvgIpc) is 2.37. The number of nitrogens with two attached hydrogens (primary N) is 1. The first-order valence-corrected chi connectivity index (χ1v) is 7.25. The van der Waals surface area contributed by atoms with Crippen molar-refractivity contribution in [2.24, 2.45) is 0 Å². The molecule has 0 unspecified atom stereocenters. The van der Waals surface area contributed by atoms with E-state index in [0.717, 1.165) is 9.50 Å². The third-order valence-corrected chi connectivity index (χ3v) is 4.05. The van der Waals surface area contributed by atoms with Crippen molar-refractivity contribution in [3.05, 3.63) is 28.6 Å². The number of thioether (sulfide) groups is 1. The van der Waals surface area contributed by atoms with E-state index in [1.807, 2.05) is 26.2 Å². The third kappa shape index (κ3) is 3.77. The largest absolute Gasteiger partial charge is 0.368 e. The highest BCUT2D eigenvalue weighted by atomic mass is 79.9. The Hall–Kier alpha value is -1.41. The minimum absolute atomic E-state index is 0.231. The smallest absolute Gasteiger partial charge is 0.229 e. The van der Waals surface area contributed by atoms with E-state index < -0.39 is 0 Å². The second-order valence-electron chi connectivity index (χ2n) is 3.88. The van der Waals surface area contributed by atoms with E-state index in [1.54, 1.807) is 22.9 Å². The van der Waals surface area contributed by atoms with Crippen LogP contribution in [0.25, 0.3) is 0 Å². The van der Waals surface area contributed by atoms with Gasteiger partial charge in [-0.1, -0.05) is 11.8 Å². The van der Waals surface area contributed by atoms with Gasteiger partial charge in [0, 0.05) is 24.8 Å². The Morgan fingerprint density at radius 1 is 1.32 bits per heavy atom. The van der Waals surface area contributed by atoms with E-state index in [9.17, 15) is 0 Å². The molecule has 2 rings (SSSR count). The van der Waals surface area contributed by atoms with Crippen LogP contribution in [0.3, 0.4) is 0 Å². The molecule has 0 aliphatic carbocycles. The Morgan fingerprint density at radius 3 is 2.79 bits per heavy atom. The zero-order valence-corrected chi connectivity index (χ0v) is 12.9. The van der Waals surface area contributed by atoms with E-state index >= 15 is 0 Å². The van der Waals surface area contributed by atoms with E-state index in [0.29, 0.717) is 17.5 Å². The first kappa shape index (κ1) is 14.0. The molecule has 0 radical (unpaired) electrons. The molecule has 0 saturated carbocycles. The van der Waals surface area contributed by atoms with Crippen LogP contribution >= 0.6 is 27.7 Å². The lowest BCUT2D eigenvalue weighted by molar-refractivity contribution is 0.918. The summed E-state index contributed by atoms with van der Waals surface area (Å²) in [6, 6.07) is 3.82. The SMILES string of the molecule is CN(C)c1nc(N)nc(CSc2ncccc2Br)n1. The van der Waals surface area contributed by atoms with Crippen LogP contribution in [0.4, 0.5) is 11.9 Å². The molecule has 0 spiro atoms. The molecule has 0 aliphatic rings. The fourth-order valence-electron chi connectivity index (χ4n) is 1.30. The van der Waals surface area contributed by atoms with Gasteiger partial charge in [0.25, 0.3) is 0 Å². The highest BCUT2D eigenvalue weighted by Crippen LogP contribution is 2.26. The number of pyridine rings is 1. The van der Waals surface area contributed by atoms with Crippen molar-refractivity contribution >= 4 is 39.6 Å². The van der Waals surface area contributed by atoms with Gasteiger partial charge in [0.15, 0.2) is 0 Å². The van der Waals surface area contributed by atoms with Crippen molar-refractivity contribution in [2.75, 3.05) is 24.7 Å². The average molecular weight is 341 g/mol. The summed E-state index contributed by atoms with van der Waals surface area (Å²) in [7, 11) is 3.72. The molecular weight excluding hydrogens is 328 g/mol. The molecule has 2 heterocycles. The molecule has 2 N–H and O–H groups in total. The van der Waals surface area contributed by atoms with Crippen LogP contribution in [-0.2, 0) is 5.75 Å². The minimum atomic E-state index is 0.231. The van der Waals surface area contributed by atoms with E-state index in [1.165, 1.54) is 0 Å². The van der Waals surface area contributed by atoms with Gasteiger partial charge in [-0.05, 0) is 28.1 Å². The Morgan fingerprint density at radius 2 is 2.11 bits per heavy atom. The lowest BCUT2D eigenvalue weighted by Crippen LogP contribution is -2.15. The molecule has 0 aromatic carbocycles. The van der Waals surface area contributed by atoms with Crippen LogP contribution < -0.4 is 10.6 Å². The lowest BCUT2D eigenvalue weighted by Gasteiger charge is -2.11. The Labute approximate surface area is 124 Å². The predicted octanol–water partition coefficient (Wildman–Crippen LogP) is 1.97. The molecule has 6 nitrogen and oxygen atoms in total. The summed E-state index contributed by atoms with van der Waals surface area (Å²) in [4.78, 5) is 18.6. The third-order valence-electron chi connectivity index (χ3n) is 2.15. The van der Waals surface area contributed by atoms with Crippen LogP contribution in [0.1, 0.15) is 5.82 Å². The van der Waals surface area contributed by atoms with Crippen molar-refractivity contribution in [3.8, 4) is 0 Å². The van der Waals surface area contributed by atoms with Gasteiger partial charge >= 0.3 is 0 Å². The second-order valence-corrected chi connectivity index (χ2v) is 5.70. The Bertz CT molecular complexity index is 577. The summed E-state index contributed by atoms with van der Waals surface area (Å²) in [5.41, 5.74) is 5.67. The van der Waals surface area contributed by atoms with Crippen LogP contribution in [0.15, 0.2) is 27.8 Å². The quantitative estimate of drug-likeness (QED) is 0.852. The standard InChI is InChI=1S/C11H13BrN6S/c1-18(2)11-16-8(15-10(13)17-11)6-19-9-7(12)4-3-5-14-9/h3-5H,6H2,1-2H3,(H2,13,15,16,17). The number of rotatable bonds is 4. The molecule has 2 aromatic heterocycles. The first-order chi connectivity index (χ1) is 9.06. The summed E-state index contributed by atoms with van der Waals surface area (Å²) < 4.78 is 0.954. The lowest BCUT2D eigenvalue weighted by atomic mass is 10.5. The number of halogens is 1. The number of anilines is 2. The molecule has 0 bridgehead atoms. The zero-order chi connectivity index (χ0) is 13.8. The minimum Gasteiger partial charge on any atom is -0.368 e. The van der Waals surface area contributed by atoms with Crippen LogP contribution in [0.2, 0.25) is 0 Å². The van der Waals surface area contributed by atoms with Gasteiger partial charge in [0.05, 0.1) is 5.75 Å². The number of nitrogens with zero attached hydrogens (tertiary/aromatic N) is 5. The van der Waals surface area contributed by atoms with Crippen molar-refractivity contribution in [1.29, 1.82) is 0 Å². The molecule has 0 amide bonds. The van der Waals surface area contributed by atoms with Crippen LogP contribution in [0, 0.1) is 0 Å². The molecule has 0 fully saturated rings. The van der Waals surface area contributed by atoms with Gasteiger partial charge in [-0.3, -0.25) is 0 Å². The van der Waals surface area contributed by atoms with Gasteiger partial charge in [-0.15, -0.1) is 0 Å². The van der Waals surface area contributed by atoms with Gasteiger partial charge in [-0.2, -0.15) is 15.0 Å².